The third kappa shape index (κ3) is 6.06. The summed E-state index contributed by atoms with van der Waals surface area (Å²) in [5, 5.41) is 0.589. The molecule has 0 aromatic heterocycles. The van der Waals surface area contributed by atoms with Crippen molar-refractivity contribution < 1.29 is 17.9 Å². The van der Waals surface area contributed by atoms with E-state index in [4.69, 9.17) is 27.9 Å². The highest BCUT2D eigenvalue weighted by molar-refractivity contribution is 8.01. The standard InChI is InChI=1S/C22H30Cl2N2O4S2/c23-20-6-5-18(13-21(20)24)30-17-7-10-26(11-8-17)16-3-1-15(2-4-16)22(27)25-32(28,29)19-9-12-31-14-19/h5-6,13,15-17,19H,1-4,7-12,14H2,(H,25,27)/t15-,16-,19?. The van der Waals surface area contributed by atoms with Gasteiger partial charge in [-0.25, -0.2) is 8.42 Å². The molecule has 1 aromatic rings. The zero-order valence-corrected chi connectivity index (χ0v) is 21.1. The van der Waals surface area contributed by atoms with Crippen LogP contribution >= 0.6 is 35.0 Å². The van der Waals surface area contributed by atoms with Crippen LogP contribution in [-0.4, -0.2) is 61.2 Å². The predicted molar refractivity (Wildman–Crippen MR) is 130 cm³/mol. The van der Waals surface area contributed by atoms with Gasteiger partial charge in [0, 0.05) is 36.9 Å². The summed E-state index contributed by atoms with van der Waals surface area (Å²) in [7, 11) is -3.54. The Morgan fingerprint density at radius 1 is 1.03 bits per heavy atom. The van der Waals surface area contributed by atoms with Crippen LogP contribution < -0.4 is 9.46 Å². The number of amides is 1. The van der Waals surface area contributed by atoms with Gasteiger partial charge in [-0.2, -0.15) is 11.8 Å². The molecular formula is C22H30Cl2N2O4S2. The van der Waals surface area contributed by atoms with E-state index in [1.165, 1.54) is 0 Å². The normalized spacial score (nSPS) is 27.9. The minimum Gasteiger partial charge on any atom is -0.490 e. The zero-order chi connectivity index (χ0) is 22.7. The number of nitrogens with zero attached hydrogens (tertiary/aromatic N) is 1. The molecule has 32 heavy (non-hydrogen) atoms. The lowest BCUT2D eigenvalue weighted by Crippen LogP contribution is -2.47. The quantitative estimate of drug-likeness (QED) is 0.600. The first-order valence-corrected chi connectivity index (χ1v) is 14.8. The fraction of sp³-hybridized carbons (Fsp3) is 0.682. The molecular weight excluding hydrogens is 491 g/mol. The molecule has 1 unspecified atom stereocenters. The molecule has 1 atom stereocenters. The topological polar surface area (TPSA) is 75.7 Å². The van der Waals surface area contributed by atoms with Crippen LogP contribution in [0, 0.1) is 5.92 Å². The van der Waals surface area contributed by atoms with Gasteiger partial charge in [-0.1, -0.05) is 23.2 Å². The number of carbonyl (C=O) groups excluding carboxylic acids is 1. The van der Waals surface area contributed by atoms with Gasteiger partial charge in [0.05, 0.1) is 15.3 Å². The smallest absolute Gasteiger partial charge is 0.238 e. The lowest BCUT2D eigenvalue weighted by atomic mass is 9.84. The second kappa shape index (κ2) is 10.7. The SMILES string of the molecule is O=C(NS(=O)(=O)C1CCSC1)[C@H]1CC[C@H](N2CCC(Oc3ccc(Cl)c(Cl)c3)CC2)CC1. The Morgan fingerprint density at radius 3 is 2.38 bits per heavy atom. The van der Waals surface area contributed by atoms with Crippen LogP contribution in [0.15, 0.2) is 18.2 Å². The number of rotatable bonds is 6. The Hall–Kier alpha value is -0.670. The number of sulfonamides is 1. The highest BCUT2D eigenvalue weighted by atomic mass is 35.5. The molecule has 0 bridgehead atoms. The van der Waals surface area contributed by atoms with Crippen LogP contribution in [0.25, 0.3) is 0 Å². The van der Waals surface area contributed by atoms with Crippen molar-refractivity contribution in [1.82, 2.24) is 9.62 Å². The highest BCUT2D eigenvalue weighted by Gasteiger charge is 2.35. The highest BCUT2D eigenvalue weighted by Crippen LogP contribution is 2.32. The largest absolute Gasteiger partial charge is 0.490 e. The van der Waals surface area contributed by atoms with Gasteiger partial charge in [-0.05, 0) is 62.8 Å². The van der Waals surface area contributed by atoms with Crippen LogP contribution in [0.3, 0.4) is 0 Å². The number of nitrogens with one attached hydrogen (secondary N) is 1. The number of halogens is 2. The van der Waals surface area contributed by atoms with E-state index in [9.17, 15) is 13.2 Å². The van der Waals surface area contributed by atoms with Crippen LogP contribution in [0.1, 0.15) is 44.9 Å². The first kappa shape index (κ1) is 24.5. The maximum absolute atomic E-state index is 12.6. The Bertz CT molecular complexity index is 909. The Kier molecular flexibility index (Phi) is 8.19. The number of hydrogen-bond acceptors (Lipinski definition) is 6. The second-order valence-electron chi connectivity index (χ2n) is 8.93. The molecule has 2 aliphatic heterocycles. The lowest BCUT2D eigenvalue weighted by molar-refractivity contribution is -0.124. The third-order valence-corrected chi connectivity index (χ3v) is 10.7. The van der Waals surface area contributed by atoms with Crippen molar-refractivity contribution in [3.63, 3.8) is 0 Å². The molecule has 1 amide bonds. The average Bonchev–Trinajstić information content (AvgIpc) is 3.33. The molecule has 1 aliphatic carbocycles. The van der Waals surface area contributed by atoms with Gasteiger partial charge in [-0.3, -0.25) is 9.52 Å². The second-order valence-corrected chi connectivity index (χ2v) is 12.9. The molecule has 4 rings (SSSR count). The number of benzene rings is 1. The van der Waals surface area contributed by atoms with E-state index in [2.05, 4.69) is 9.62 Å². The van der Waals surface area contributed by atoms with Crippen LogP contribution in [-0.2, 0) is 14.8 Å². The van der Waals surface area contributed by atoms with E-state index in [0.717, 1.165) is 63.1 Å². The van der Waals surface area contributed by atoms with Gasteiger partial charge in [0.25, 0.3) is 0 Å². The van der Waals surface area contributed by atoms with Gasteiger partial charge in [0.1, 0.15) is 11.9 Å². The number of thioether (sulfide) groups is 1. The summed E-state index contributed by atoms with van der Waals surface area (Å²) in [6, 6.07) is 5.81. The maximum Gasteiger partial charge on any atom is 0.238 e. The van der Waals surface area contributed by atoms with Crippen LogP contribution in [0.4, 0.5) is 0 Å². The fourth-order valence-corrected chi connectivity index (χ4v) is 8.40. The minimum atomic E-state index is -3.54. The van der Waals surface area contributed by atoms with Crippen LogP contribution in [0.5, 0.6) is 5.75 Å². The van der Waals surface area contributed by atoms with E-state index in [0.29, 0.717) is 28.3 Å². The van der Waals surface area contributed by atoms with E-state index in [1.54, 1.807) is 23.9 Å². The zero-order valence-electron chi connectivity index (χ0n) is 18.0. The van der Waals surface area contributed by atoms with Crippen molar-refractivity contribution >= 4 is 50.9 Å². The molecule has 3 aliphatic rings. The van der Waals surface area contributed by atoms with E-state index in [1.807, 2.05) is 6.07 Å². The maximum atomic E-state index is 12.6. The summed E-state index contributed by atoms with van der Waals surface area (Å²) in [4.78, 5) is 15.1. The predicted octanol–water partition coefficient (Wildman–Crippen LogP) is 4.35. The first-order valence-electron chi connectivity index (χ1n) is 11.3. The van der Waals surface area contributed by atoms with Gasteiger partial charge in [0.15, 0.2) is 0 Å². The molecule has 2 heterocycles. The van der Waals surface area contributed by atoms with E-state index < -0.39 is 15.3 Å². The van der Waals surface area contributed by atoms with Gasteiger partial charge in [0.2, 0.25) is 15.9 Å². The summed E-state index contributed by atoms with van der Waals surface area (Å²) in [5.74, 6) is 1.66. The molecule has 6 nitrogen and oxygen atoms in total. The molecule has 10 heteroatoms. The minimum absolute atomic E-state index is 0.157. The van der Waals surface area contributed by atoms with Gasteiger partial charge in [-0.15, -0.1) is 0 Å². The van der Waals surface area contributed by atoms with E-state index >= 15 is 0 Å². The molecule has 1 N–H and O–H groups in total. The molecule has 1 saturated carbocycles. The molecule has 1 aromatic carbocycles. The summed E-state index contributed by atoms with van der Waals surface area (Å²) >= 11 is 13.7. The number of ether oxygens (including phenoxy) is 1. The third-order valence-electron chi connectivity index (χ3n) is 6.82. The summed E-state index contributed by atoms with van der Waals surface area (Å²) in [5.41, 5.74) is 0. The molecule has 3 fully saturated rings. The van der Waals surface area contributed by atoms with Gasteiger partial charge < -0.3 is 9.64 Å². The molecule has 0 radical (unpaired) electrons. The molecule has 0 spiro atoms. The lowest BCUT2D eigenvalue weighted by Gasteiger charge is -2.40. The summed E-state index contributed by atoms with van der Waals surface area (Å²) in [6.07, 6.45) is 6.01. The number of piperidine rings is 1. The number of likely N-dealkylation sites (tertiary alicyclic amines) is 1. The van der Waals surface area contributed by atoms with Crippen molar-refractivity contribution in [2.75, 3.05) is 24.6 Å². The Morgan fingerprint density at radius 2 is 1.75 bits per heavy atom. The summed E-state index contributed by atoms with van der Waals surface area (Å²) in [6.45, 7) is 1.92. The van der Waals surface area contributed by atoms with Crippen molar-refractivity contribution in [3.05, 3.63) is 28.2 Å². The van der Waals surface area contributed by atoms with Crippen molar-refractivity contribution in [2.24, 2.45) is 5.92 Å². The molecule has 2 saturated heterocycles. The van der Waals surface area contributed by atoms with Gasteiger partial charge >= 0.3 is 0 Å². The number of carbonyl (C=O) groups is 1. The Labute approximate surface area is 204 Å². The fourth-order valence-electron chi connectivity index (χ4n) is 4.87. The van der Waals surface area contributed by atoms with Crippen molar-refractivity contribution in [2.45, 2.75) is 62.3 Å². The Balaban J connectivity index is 1.20. The van der Waals surface area contributed by atoms with E-state index in [-0.39, 0.29) is 17.9 Å². The number of hydrogen-bond donors (Lipinski definition) is 1. The summed E-state index contributed by atoms with van der Waals surface area (Å²) < 4.78 is 33.3. The molecule has 178 valence electrons. The van der Waals surface area contributed by atoms with Crippen molar-refractivity contribution in [1.29, 1.82) is 0 Å². The monoisotopic (exact) mass is 520 g/mol. The first-order chi connectivity index (χ1) is 15.3. The van der Waals surface area contributed by atoms with Crippen molar-refractivity contribution in [3.8, 4) is 5.75 Å². The van der Waals surface area contributed by atoms with Crippen LogP contribution in [0.2, 0.25) is 10.0 Å². The average molecular weight is 522 g/mol.